The Labute approximate surface area is 168 Å². The standard InChI is InChI=1S/C18H14Cl2F2N4O2/c1-10-2-4-12(6-14(10)19)26-17(27)16(20)15(9-25-26)24-7-11-3-5-13(8-23-11)28-18(21)22/h2-6,8-9,18,24H,7H2,1H3. The molecule has 28 heavy (non-hydrogen) atoms. The average molecular weight is 427 g/mol. The first-order chi connectivity index (χ1) is 13.3. The number of pyridine rings is 1. The number of alkyl halides is 2. The number of nitrogens with one attached hydrogen (secondary N) is 1. The molecule has 6 nitrogen and oxygen atoms in total. The zero-order valence-electron chi connectivity index (χ0n) is 14.5. The van der Waals surface area contributed by atoms with Crippen LogP contribution in [0.5, 0.6) is 5.75 Å². The van der Waals surface area contributed by atoms with Crippen LogP contribution in [0.1, 0.15) is 11.3 Å². The predicted molar refractivity (Wildman–Crippen MR) is 103 cm³/mol. The maximum absolute atomic E-state index is 12.5. The predicted octanol–water partition coefficient (Wildman–Crippen LogP) is 4.46. The van der Waals surface area contributed by atoms with Crippen LogP contribution in [0.15, 0.2) is 47.5 Å². The normalized spacial score (nSPS) is 10.9. The van der Waals surface area contributed by atoms with E-state index in [9.17, 15) is 13.6 Å². The Kier molecular flexibility index (Phi) is 6.11. The largest absolute Gasteiger partial charge is 0.433 e. The molecule has 0 radical (unpaired) electrons. The topological polar surface area (TPSA) is 69.0 Å². The summed E-state index contributed by atoms with van der Waals surface area (Å²) >= 11 is 12.3. The van der Waals surface area contributed by atoms with Gasteiger partial charge in [-0.1, -0.05) is 29.3 Å². The van der Waals surface area contributed by atoms with Crippen LogP contribution in [0.4, 0.5) is 14.5 Å². The molecule has 0 aliphatic heterocycles. The van der Waals surface area contributed by atoms with Crippen LogP contribution in [0.2, 0.25) is 10.0 Å². The number of aromatic nitrogens is 3. The summed E-state index contributed by atoms with van der Waals surface area (Å²) in [6, 6.07) is 8.00. The molecule has 3 aromatic rings. The molecule has 2 aromatic heterocycles. The van der Waals surface area contributed by atoms with Crippen molar-refractivity contribution in [3.8, 4) is 11.4 Å². The number of hydrogen-bond acceptors (Lipinski definition) is 5. The summed E-state index contributed by atoms with van der Waals surface area (Å²) in [6.45, 7) is -0.857. The molecule has 0 saturated heterocycles. The lowest BCUT2D eigenvalue weighted by atomic mass is 10.2. The number of aryl methyl sites for hydroxylation is 1. The summed E-state index contributed by atoms with van der Waals surface area (Å²) in [5.74, 6) is -0.0437. The molecule has 3 rings (SSSR count). The van der Waals surface area contributed by atoms with Crippen LogP contribution >= 0.6 is 23.2 Å². The van der Waals surface area contributed by atoms with Gasteiger partial charge in [-0.15, -0.1) is 0 Å². The zero-order valence-corrected chi connectivity index (χ0v) is 16.0. The van der Waals surface area contributed by atoms with Crippen molar-refractivity contribution in [2.75, 3.05) is 5.32 Å². The molecule has 2 heterocycles. The third-order valence-electron chi connectivity index (χ3n) is 3.80. The van der Waals surface area contributed by atoms with E-state index in [-0.39, 0.29) is 17.3 Å². The fourth-order valence-electron chi connectivity index (χ4n) is 2.33. The number of rotatable bonds is 6. The second-order valence-electron chi connectivity index (χ2n) is 5.74. The van der Waals surface area contributed by atoms with Crippen molar-refractivity contribution in [2.45, 2.75) is 20.1 Å². The second-order valence-corrected chi connectivity index (χ2v) is 6.53. The minimum atomic E-state index is -2.91. The van der Waals surface area contributed by atoms with Gasteiger partial charge in [0, 0.05) is 5.02 Å². The van der Waals surface area contributed by atoms with Gasteiger partial charge in [0.2, 0.25) is 0 Å². The van der Waals surface area contributed by atoms with Gasteiger partial charge in [-0.05, 0) is 36.8 Å². The van der Waals surface area contributed by atoms with Crippen LogP contribution < -0.4 is 15.6 Å². The number of anilines is 1. The van der Waals surface area contributed by atoms with E-state index in [1.54, 1.807) is 18.2 Å². The van der Waals surface area contributed by atoms with Crippen LogP contribution in [0.3, 0.4) is 0 Å². The van der Waals surface area contributed by atoms with Gasteiger partial charge < -0.3 is 10.1 Å². The lowest BCUT2D eigenvalue weighted by molar-refractivity contribution is -0.0500. The van der Waals surface area contributed by atoms with Gasteiger partial charge in [0.1, 0.15) is 10.8 Å². The van der Waals surface area contributed by atoms with Gasteiger partial charge in [0.05, 0.1) is 36.0 Å². The smallest absolute Gasteiger partial charge is 0.387 e. The van der Waals surface area contributed by atoms with Crippen molar-refractivity contribution in [3.63, 3.8) is 0 Å². The molecule has 0 bridgehead atoms. The van der Waals surface area contributed by atoms with Crippen LogP contribution in [0.25, 0.3) is 5.69 Å². The number of halogens is 4. The number of benzene rings is 1. The van der Waals surface area contributed by atoms with Crippen molar-refractivity contribution in [3.05, 3.63) is 74.4 Å². The van der Waals surface area contributed by atoms with E-state index < -0.39 is 12.2 Å². The van der Waals surface area contributed by atoms with Crippen molar-refractivity contribution < 1.29 is 13.5 Å². The Balaban J connectivity index is 1.76. The molecule has 146 valence electrons. The Morgan fingerprint density at radius 1 is 1.21 bits per heavy atom. The van der Waals surface area contributed by atoms with Crippen molar-refractivity contribution in [1.82, 2.24) is 14.8 Å². The fraction of sp³-hybridized carbons (Fsp3) is 0.167. The fourth-order valence-corrected chi connectivity index (χ4v) is 2.70. The Hall–Kier alpha value is -2.71. The second kappa shape index (κ2) is 8.53. The molecule has 1 aromatic carbocycles. The molecular weight excluding hydrogens is 413 g/mol. The molecule has 10 heteroatoms. The van der Waals surface area contributed by atoms with Crippen molar-refractivity contribution >= 4 is 28.9 Å². The van der Waals surface area contributed by atoms with E-state index >= 15 is 0 Å². The van der Waals surface area contributed by atoms with E-state index in [0.29, 0.717) is 22.1 Å². The summed E-state index contributed by atoms with van der Waals surface area (Å²) in [7, 11) is 0. The molecule has 0 aliphatic rings. The maximum atomic E-state index is 12.5. The summed E-state index contributed by atoms with van der Waals surface area (Å²) < 4.78 is 29.7. The highest BCUT2D eigenvalue weighted by Gasteiger charge is 2.12. The lowest BCUT2D eigenvalue weighted by Gasteiger charge is -2.11. The van der Waals surface area contributed by atoms with E-state index in [4.69, 9.17) is 23.2 Å². The van der Waals surface area contributed by atoms with Crippen molar-refractivity contribution in [2.24, 2.45) is 0 Å². The van der Waals surface area contributed by atoms with Crippen LogP contribution in [0, 0.1) is 6.92 Å². The number of ether oxygens (including phenoxy) is 1. The summed E-state index contributed by atoms with van der Waals surface area (Å²) in [6.07, 6.45) is 2.59. The van der Waals surface area contributed by atoms with E-state index in [0.717, 1.165) is 10.2 Å². The van der Waals surface area contributed by atoms with Gasteiger partial charge in [0.15, 0.2) is 0 Å². The maximum Gasteiger partial charge on any atom is 0.387 e. The van der Waals surface area contributed by atoms with E-state index in [1.165, 1.54) is 24.5 Å². The Bertz CT molecular complexity index is 1040. The molecule has 1 N–H and O–H groups in total. The van der Waals surface area contributed by atoms with E-state index in [1.807, 2.05) is 6.92 Å². The number of nitrogens with zero attached hydrogens (tertiary/aromatic N) is 3. The number of hydrogen-bond donors (Lipinski definition) is 1. The summed E-state index contributed by atoms with van der Waals surface area (Å²) in [5.41, 5.74) is 1.70. The molecule has 0 fully saturated rings. The first-order valence-electron chi connectivity index (χ1n) is 8.03. The molecule has 0 aliphatic carbocycles. The molecule has 0 amide bonds. The third-order valence-corrected chi connectivity index (χ3v) is 4.57. The van der Waals surface area contributed by atoms with Gasteiger partial charge in [-0.3, -0.25) is 9.78 Å². The van der Waals surface area contributed by atoms with Gasteiger partial charge >= 0.3 is 6.61 Å². The summed E-state index contributed by atoms with van der Waals surface area (Å²) in [5, 5.41) is 7.52. The average Bonchev–Trinajstić information content (AvgIpc) is 2.66. The first-order valence-corrected chi connectivity index (χ1v) is 8.78. The Morgan fingerprint density at radius 2 is 2.00 bits per heavy atom. The molecule has 0 unspecified atom stereocenters. The highest BCUT2D eigenvalue weighted by Crippen LogP contribution is 2.21. The SMILES string of the molecule is Cc1ccc(-n2ncc(NCc3ccc(OC(F)F)cn3)c(Cl)c2=O)cc1Cl. The van der Waals surface area contributed by atoms with E-state index in [2.05, 4.69) is 20.1 Å². The minimum absolute atomic E-state index is 0.0437. The van der Waals surface area contributed by atoms with Crippen LogP contribution in [-0.2, 0) is 6.54 Å². The molecule has 0 spiro atoms. The lowest BCUT2D eigenvalue weighted by Crippen LogP contribution is -2.22. The summed E-state index contributed by atoms with van der Waals surface area (Å²) in [4.78, 5) is 16.5. The zero-order chi connectivity index (χ0) is 20.3. The molecule has 0 saturated carbocycles. The first kappa shape index (κ1) is 20.0. The highest BCUT2D eigenvalue weighted by atomic mass is 35.5. The highest BCUT2D eigenvalue weighted by molar-refractivity contribution is 6.33. The van der Waals surface area contributed by atoms with Crippen molar-refractivity contribution in [1.29, 1.82) is 0 Å². The van der Waals surface area contributed by atoms with Gasteiger partial charge in [-0.2, -0.15) is 18.6 Å². The van der Waals surface area contributed by atoms with Gasteiger partial charge in [-0.25, -0.2) is 0 Å². The quantitative estimate of drug-likeness (QED) is 0.630. The molecular formula is C18H14Cl2F2N4O2. The Morgan fingerprint density at radius 3 is 2.64 bits per heavy atom. The van der Waals surface area contributed by atoms with Crippen LogP contribution in [-0.4, -0.2) is 21.4 Å². The monoisotopic (exact) mass is 426 g/mol. The van der Waals surface area contributed by atoms with Gasteiger partial charge in [0.25, 0.3) is 5.56 Å². The third kappa shape index (κ3) is 4.58. The minimum Gasteiger partial charge on any atom is -0.433 e. The molecule has 0 atom stereocenters.